The van der Waals surface area contributed by atoms with Gasteiger partial charge in [-0.2, -0.15) is 0 Å². The van der Waals surface area contributed by atoms with Crippen LogP contribution in [0.5, 0.6) is 11.5 Å². The van der Waals surface area contributed by atoms with Gasteiger partial charge in [-0.3, -0.25) is 9.59 Å². The summed E-state index contributed by atoms with van der Waals surface area (Å²) in [6.45, 7) is 32.9. The summed E-state index contributed by atoms with van der Waals surface area (Å²) in [5.41, 5.74) is 4.77. The van der Waals surface area contributed by atoms with E-state index in [2.05, 4.69) is 40.7 Å². The number of esters is 2. The highest BCUT2D eigenvalue weighted by Crippen LogP contribution is 2.35. The van der Waals surface area contributed by atoms with Crippen molar-refractivity contribution in [2.45, 2.75) is 178 Å². The molecule has 5 atom stereocenters. The zero-order valence-electron chi connectivity index (χ0n) is 39.5. The van der Waals surface area contributed by atoms with Crippen LogP contribution in [-0.2, 0) is 25.3 Å². The van der Waals surface area contributed by atoms with Gasteiger partial charge in [0.25, 0.3) is 0 Å². The van der Waals surface area contributed by atoms with E-state index in [0.29, 0.717) is 35.0 Å². The van der Waals surface area contributed by atoms with Crippen LogP contribution in [0.2, 0.25) is 0 Å². The van der Waals surface area contributed by atoms with Gasteiger partial charge in [-0.25, -0.2) is 0 Å². The first kappa shape index (κ1) is 53.4. The van der Waals surface area contributed by atoms with Crippen molar-refractivity contribution in [3.05, 3.63) is 93.5 Å². The van der Waals surface area contributed by atoms with Crippen molar-refractivity contribution in [3.8, 4) is 11.5 Å². The molecular weight excluding hydrogens is 745 g/mol. The lowest BCUT2D eigenvalue weighted by Gasteiger charge is -2.28. The Bertz CT molecular complexity index is 1740. The summed E-state index contributed by atoms with van der Waals surface area (Å²) in [7, 11) is 1.69. The van der Waals surface area contributed by atoms with E-state index in [4.69, 9.17) is 14.2 Å². The molecule has 0 saturated carbocycles. The van der Waals surface area contributed by atoms with E-state index in [0.717, 1.165) is 35.1 Å². The molecule has 4 N–H and O–H groups in total. The monoisotopic (exact) mass is 823 g/mol. The third-order valence-corrected chi connectivity index (χ3v) is 11.3. The zero-order chi connectivity index (χ0) is 45.8. The summed E-state index contributed by atoms with van der Waals surface area (Å²) in [5.74, 6) is 0.873. The van der Waals surface area contributed by atoms with Crippen molar-refractivity contribution in [3.63, 3.8) is 0 Å². The lowest BCUT2D eigenvalue weighted by molar-refractivity contribution is -0.144. The molecule has 332 valence electrons. The Balaban J connectivity index is 0.000000450. The van der Waals surface area contributed by atoms with Crippen molar-refractivity contribution in [1.29, 1.82) is 0 Å². The molecule has 9 heteroatoms. The van der Waals surface area contributed by atoms with Crippen LogP contribution < -0.4 is 9.47 Å². The number of aliphatic hydroxyl groups is 4. The fourth-order valence-corrected chi connectivity index (χ4v) is 5.23. The van der Waals surface area contributed by atoms with Gasteiger partial charge in [0, 0.05) is 7.11 Å². The number of aliphatic hydroxyl groups excluding tert-OH is 4. The van der Waals surface area contributed by atoms with Crippen LogP contribution in [0.15, 0.2) is 54.6 Å². The Morgan fingerprint density at radius 1 is 0.508 bits per heavy atom. The molecule has 0 aliphatic carbocycles. The minimum absolute atomic E-state index is 0.0404. The number of rotatable bonds is 14. The Labute approximate surface area is 356 Å². The van der Waals surface area contributed by atoms with Crippen molar-refractivity contribution in [1.82, 2.24) is 0 Å². The fraction of sp³-hybridized carbons (Fsp3) is 0.600. The molecule has 59 heavy (non-hydrogen) atoms. The number of hydrogen-bond donors (Lipinski definition) is 4. The Kier molecular flexibility index (Phi) is 20.2. The molecule has 0 heterocycles. The summed E-state index contributed by atoms with van der Waals surface area (Å²) in [5, 5.41) is 38.6. The third-order valence-electron chi connectivity index (χ3n) is 11.3. The first-order chi connectivity index (χ1) is 27.0. The minimum Gasteiger partial charge on any atom is -0.426 e. The molecular formula is C50H78O9. The summed E-state index contributed by atoms with van der Waals surface area (Å²) < 4.78 is 16.7. The second-order valence-corrected chi connectivity index (χ2v) is 18.7. The van der Waals surface area contributed by atoms with Crippen molar-refractivity contribution in [2.75, 3.05) is 7.11 Å². The fourth-order valence-electron chi connectivity index (χ4n) is 5.23. The molecule has 3 rings (SSSR count). The van der Waals surface area contributed by atoms with E-state index in [1.54, 1.807) is 53.0 Å². The number of ether oxygens (including phenoxy) is 3. The average Bonchev–Trinajstić information content (AvgIpc) is 3.16. The Morgan fingerprint density at radius 3 is 1.14 bits per heavy atom. The van der Waals surface area contributed by atoms with Gasteiger partial charge < -0.3 is 34.6 Å². The second-order valence-electron chi connectivity index (χ2n) is 18.7. The number of benzene rings is 3. The normalized spacial score (nSPS) is 14.7. The third kappa shape index (κ3) is 16.4. The molecule has 0 aliphatic rings. The van der Waals surface area contributed by atoms with E-state index in [1.165, 1.54) is 5.56 Å². The van der Waals surface area contributed by atoms with Crippen LogP contribution in [0.1, 0.15) is 206 Å². The SMILES string of the molecule is CCC(C)(C)C(=O)Oc1cc(C(C)(C)C)cc(C(C)(C)OC)c1.CCC(C)(C)C(=O)Oc1cc(C(C)O)cc(C(C)O)c1.CCC(C)c1cc(C(C)O)cc(C(C)O)c1. The highest BCUT2D eigenvalue weighted by atomic mass is 16.5. The Hall–Kier alpha value is -3.60. The molecule has 9 nitrogen and oxygen atoms in total. The van der Waals surface area contributed by atoms with Gasteiger partial charge in [0.1, 0.15) is 11.5 Å². The maximum atomic E-state index is 12.4. The molecule has 0 amide bonds. The first-order valence-electron chi connectivity index (χ1n) is 21.1. The summed E-state index contributed by atoms with van der Waals surface area (Å²) in [6.07, 6.45) is 0.119. The van der Waals surface area contributed by atoms with Crippen molar-refractivity contribution >= 4 is 11.9 Å². The minimum atomic E-state index is -0.690. The van der Waals surface area contributed by atoms with Crippen LogP contribution in [0.4, 0.5) is 0 Å². The molecule has 0 radical (unpaired) electrons. The van der Waals surface area contributed by atoms with E-state index in [1.807, 2.05) is 85.7 Å². The first-order valence-corrected chi connectivity index (χ1v) is 21.1. The van der Waals surface area contributed by atoms with Crippen LogP contribution in [0.25, 0.3) is 0 Å². The summed E-state index contributed by atoms with van der Waals surface area (Å²) in [4.78, 5) is 24.5. The van der Waals surface area contributed by atoms with Crippen molar-refractivity contribution < 1.29 is 44.2 Å². The lowest BCUT2D eigenvalue weighted by Crippen LogP contribution is -2.28. The quantitative estimate of drug-likeness (QED) is 0.0923. The van der Waals surface area contributed by atoms with Crippen LogP contribution in [0.3, 0.4) is 0 Å². The molecule has 0 bridgehead atoms. The van der Waals surface area contributed by atoms with E-state index >= 15 is 0 Å². The van der Waals surface area contributed by atoms with E-state index in [9.17, 15) is 30.0 Å². The van der Waals surface area contributed by atoms with Gasteiger partial charge >= 0.3 is 11.9 Å². The average molecular weight is 823 g/mol. The van der Waals surface area contributed by atoms with Gasteiger partial charge in [-0.05, 0) is 163 Å². The largest absolute Gasteiger partial charge is 0.426 e. The van der Waals surface area contributed by atoms with E-state index < -0.39 is 40.8 Å². The molecule has 0 spiro atoms. The maximum Gasteiger partial charge on any atom is 0.316 e. The predicted molar refractivity (Wildman–Crippen MR) is 239 cm³/mol. The van der Waals surface area contributed by atoms with E-state index in [-0.39, 0.29) is 17.4 Å². The highest BCUT2D eigenvalue weighted by Gasteiger charge is 2.30. The summed E-state index contributed by atoms with van der Waals surface area (Å²) >= 11 is 0. The molecule has 5 unspecified atom stereocenters. The van der Waals surface area contributed by atoms with Gasteiger partial charge in [-0.1, -0.05) is 78.8 Å². The molecule has 0 aromatic heterocycles. The molecule has 3 aromatic carbocycles. The standard InChI is InChI=1S/C20H32O3.C16H24O4.C14H22O2/c1-10-19(5,6)17(21)23-16-12-14(18(2,3)4)11-15(13-16)20(7,8)22-9;1-6-16(4,5)15(19)20-14-8-12(10(2)17)7-13(9-14)11(3)18;1-5-9(2)12-6-13(10(3)15)8-14(7-12)11(4)16/h11-13H,10H2,1-9H3;7-11,17-18H,6H2,1-5H3;6-11,15-16H,5H2,1-4H3. The second kappa shape index (κ2) is 22.3. The van der Waals surface area contributed by atoms with Gasteiger partial charge in [0.2, 0.25) is 0 Å². The number of hydrogen-bond acceptors (Lipinski definition) is 9. The van der Waals surface area contributed by atoms with Crippen LogP contribution >= 0.6 is 0 Å². The zero-order valence-corrected chi connectivity index (χ0v) is 39.5. The van der Waals surface area contributed by atoms with Gasteiger partial charge in [0.15, 0.2) is 0 Å². The highest BCUT2D eigenvalue weighted by molar-refractivity contribution is 5.79. The number of carbonyl (C=O) groups is 2. The number of methoxy groups -OCH3 is 1. The molecule has 0 aliphatic heterocycles. The predicted octanol–water partition coefficient (Wildman–Crippen LogP) is 11.6. The lowest BCUT2D eigenvalue weighted by atomic mass is 9.83. The maximum absolute atomic E-state index is 12.4. The topological polar surface area (TPSA) is 143 Å². The summed E-state index contributed by atoms with van der Waals surface area (Å²) in [6, 6.07) is 16.9. The molecule has 3 aromatic rings. The van der Waals surface area contributed by atoms with Crippen LogP contribution in [-0.4, -0.2) is 39.5 Å². The van der Waals surface area contributed by atoms with Gasteiger partial charge in [0.05, 0.1) is 40.8 Å². The smallest absolute Gasteiger partial charge is 0.316 e. The Morgan fingerprint density at radius 2 is 0.831 bits per heavy atom. The van der Waals surface area contributed by atoms with Crippen LogP contribution in [0, 0.1) is 10.8 Å². The van der Waals surface area contributed by atoms with Crippen molar-refractivity contribution in [2.24, 2.45) is 10.8 Å². The molecule has 0 fully saturated rings. The number of carbonyl (C=O) groups excluding carboxylic acids is 2. The molecule has 0 saturated heterocycles. The van der Waals surface area contributed by atoms with Gasteiger partial charge in [-0.15, -0.1) is 0 Å².